The summed E-state index contributed by atoms with van der Waals surface area (Å²) >= 11 is 0. The zero-order chi connectivity index (χ0) is 12.1. The number of rotatable bonds is 3. The highest BCUT2D eigenvalue weighted by atomic mass is 15.2. The van der Waals surface area contributed by atoms with Crippen LogP contribution in [0.2, 0.25) is 0 Å². The average Bonchev–Trinajstić information content (AvgIpc) is 2.39. The molecule has 1 atom stereocenters. The summed E-state index contributed by atoms with van der Waals surface area (Å²) in [7, 11) is 1.89. The van der Waals surface area contributed by atoms with Crippen LogP contribution in [0.5, 0.6) is 0 Å². The maximum absolute atomic E-state index is 8.92. The normalized spacial score (nSPS) is 20.8. The maximum Gasteiger partial charge on any atom is 0.179 e. The van der Waals surface area contributed by atoms with E-state index in [0.717, 1.165) is 26.1 Å². The van der Waals surface area contributed by atoms with E-state index in [4.69, 9.17) is 5.26 Å². The van der Waals surface area contributed by atoms with Gasteiger partial charge in [0.15, 0.2) is 6.19 Å². The van der Waals surface area contributed by atoms with Crippen molar-refractivity contribution >= 4 is 0 Å². The van der Waals surface area contributed by atoms with Gasteiger partial charge >= 0.3 is 0 Å². The number of hydrogen-bond acceptors (Lipinski definition) is 3. The van der Waals surface area contributed by atoms with Gasteiger partial charge in [0.05, 0.1) is 6.04 Å². The van der Waals surface area contributed by atoms with E-state index in [0.29, 0.717) is 6.04 Å². The zero-order valence-electron chi connectivity index (χ0n) is 10.3. The van der Waals surface area contributed by atoms with E-state index in [1.165, 1.54) is 12.0 Å². The Labute approximate surface area is 103 Å². The lowest BCUT2D eigenvalue weighted by molar-refractivity contribution is 0.142. The maximum atomic E-state index is 8.92. The molecule has 1 aliphatic rings. The molecule has 3 heteroatoms. The Kier molecular flexibility index (Phi) is 4.00. The molecule has 1 aliphatic heterocycles. The molecule has 0 spiro atoms. The predicted molar refractivity (Wildman–Crippen MR) is 68.1 cm³/mol. The van der Waals surface area contributed by atoms with Crippen LogP contribution in [0.1, 0.15) is 18.4 Å². The minimum absolute atomic E-state index is 0.387. The molecule has 0 amide bonds. The number of benzene rings is 1. The van der Waals surface area contributed by atoms with Crippen LogP contribution >= 0.6 is 0 Å². The van der Waals surface area contributed by atoms with E-state index in [1.807, 2.05) is 13.1 Å². The van der Waals surface area contributed by atoms with Gasteiger partial charge in [-0.1, -0.05) is 30.3 Å². The summed E-state index contributed by atoms with van der Waals surface area (Å²) in [6.45, 7) is 3.14. The van der Waals surface area contributed by atoms with Crippen LogP contribution in [-0.4, -0.2) is 36.0 Å². The molecule has 1 aromatic carbocycles. The topological polar surface area (TPSA) is 30.3 Å². The number of likely N-dealkylation sites (tertiary alicyclic amines) is 1. The van der Waals surface area contributed by atoms with Crippen LogP contribution in [0.15, 0.2) is 30.3 Å². The molecule has 0 saturated carbocycles. The van der Waals surface area contributed by atoms with Crippen molar-refractivity contribution in [3.8, 4) is 6.19 Å². The molecule has 1 aromatic rings. The van der Waals surface area contributed by atoms with Gasteiger partial charge in [-0.25, -0.2) is 0 Å². The molecule has 1 unspecified atom stereocenters. The first-order chi connectivity index (χ1) is 8.29. The molecule has 1 fully saturated rings. The Balaban J connectivity index is 1.92. The van der Waals surface area contributed by atoms with Crippen LogP contribution in [0, 0.1) is 11.5 Å². The molecule has 90 valence electrons. The van der Waals surface area contributed by atoms with Crippen molar-refractivity contribution in [2.45, 2.75) is 25.4 Å². The highest BCUT2D eigenvalue weighted by Crippen LogP contribution is 2.16. The van der Waals surface area contributed by atoms with Crippen molar-refractivity contribution < 1.29 is 0 Å². The second kappa shape index (κ2) is 5.70. The first-order valence-corrected chi connectivity index (χ1v) is 6.18. The molecular formula is C14H19N3. The second-order valence-electron chi connectivity index (χ2n) is 4.73. The first-order valence-electron chi connectivity index (χ1n) is 6.18. The number of nitriles is 1. The highest BCUT2D eigenvalue weighted by Gasteiger charge is 2.22. The molecule has 0 radical (unpaired) electrons. The molecule has 1 saturated heterocycles. The van der Waals surface area contributed by atoms with Gasteiger partial charge in [-0.3, -0.25) is 4.90 Å². The molecule has 0 N–H and O–H groups in total. The lowest BCUT2D eigenvalue weighted by Crippen LogP contribution is -2.44. The van der Waals surface area contributed by atoms with Crippen molar-refractivity contribution in [2.24, 2.45) is 0 Å². The Morgan fingerprint density at radius 1 is 1.41 bits per heavy atom. The van der Waals surface area contributed by atoms with Crippen molar-refractivity contribution in [1.29, 1.82) is 5.26 Å². The monoisotopic (exact) mass is 229 g/mol. The molecule has 17 heavy (non-hydrogen) atoms. The molecule has 0 aromatic heterocycles. The van der Waals surface area contributed by atoms with E-state index in [2.05, 4.69) is 35.4 Å². The van der Waals surface area contributed by atoms with E-state index >= 15 is 0 Å². The van der Waals surface area contributed by atoms with Crippen LogP contribution in [-0.2, 0) is 6.54 Å². The van der Waals surface area contributed by atoms with Crippen LogP contribution in [0.3, 0.4) is 0 Å². The lowest BCUT2D eigenvalue weighted by atomic mass is 10.0. The smallest absolute Gasteiger partial charge is 0.179 e. The van der Waals surface area contributed by atoms with E-state index in [1.54, 1.807) is 4.90 Å². The summed E-state index contributed by atoms with van der Waals surface area (Å²) in [4.78, 5) is 4.23. The van der Waals surface area contributed by atoms with Gasteiger partial charge in [0.1, 0.15) is 0 Å². The van der Waals surface area contributed by atoms with Gasteiger partial charge in [0.25, 0.3) is 0 Å². The molecule has 3 nitrogen and oxygen atoms in total. The van der Waals surface area contributed by atoms with Crippen molar-refractivity contribution in [2.75, 3.05) is 20.1 Å². The second-order valence-corrected chi connectivity index (χ2v) is 4.73. The third-order valence-electron chi connectivity index (χ3n) is 3.44. The van der Waals surface area contributed by atoms with Gasteiger partial charge in [-0.2, -0.15) is 5.26 Å². The summed E-state index contributed by atoms with van der Waals surface area (Å²) in [6, 6.07) is 10.9. The highest BCUT2D eigenvalue weighted by molar-refractivity contribution is 5.14. The van der Waals surface area contributed by atoms with Gasteiger partial charge < -0.3 is 4.90 Å². The summed E-state index contributed by atoms with van der Waals surface area (Å²) < 4.78 is 0. The SMILES string of the molecule is CN(C#N)C1CCCN(Cc2ccccc2)C1. The van der Waals surface area contributed by atoms with Gasteiger partial charge in [0.2, 0.25) is 0 Å². The van der Waals surface area contributed by atoms with Crippen LogP contribution in [0.25, 0.3) is 0 Å². The summed E-state index contributed by atoms with van der Waals surface area (Å²) in [6.07, 6.45) is 4.54. The van der Waals surface area contributed by atoms with Crippen LogP contribution in [0.4, 0.5) is 0 Å². The first kappa shape index (κ1) is 11.9. The Morgan fingerprint density at radius 2 is 2.18 bits per heavy atom. The fourth-order valence-corrected chi connectivity index (χ4v) is 2.41. The average molecular weight is 229 g/mol. The van der Waals surface area contributed by atoms with Gasteiger partial charge in [-0.05, 0) is 24.9 Å². The predicted octanol–water partition coefficient (Wildman–Crippen LogP) is 2.06. The number of hydrogen-bond donors (Lipinski definition) is 0. The van der Waals surface area contributed by atoms with Gasteiger partial charge in [0, 0.05) is 20.1 Å². The zero-order valence-corrected chi connectivity index (χ0v) is 10.3. The lowest BCUT2D eigenvalue weighted by Gasteiger charge is -2.35. The van der Waals surface area contributed by atoms with Gasteiger partial charge in [-0.15, -0.1) is 0 Å². The standard InChI is InChI=1S/C14H19N3/c1-16(12-15)14-8-5-9-17(11-14)10-13-6-3-2-4-7-13/h2-4,6-7,14H,5,8-11H2,1H3. The largest absolute Gasteiger partial charge is 0.309 e. The van der Waals surface area contributed by atoms with Crippen molar-refractivity contribution in [1.82, 2.24) is 9.80 Å². The minimum Gasteiger partial charge on any atom is -0.309 e. The van der Waals surface area contributed by atoms with Crippen LogP contribution < -0.4 is 0 Å². The fourth-order valence-electron chi connectivity index (χ4n) is 2.41. The quantitative estimate of drug-likeness (QED) is 0.587. The molecule has 2 rings (SSSR count). The molecular weight excluding hydrogens is 210 g/mol. The number of likely N-dealkylation sites (N-methyl/N-ethyl adjacent to an activating group) is 1. The number of nitrogens with zero attached hydrogens (tertiary/aromatic N) is 3. The van der Waals surface area contributed by atoms with Crippen molar-refractivity contribution in [3.63, 3.8) is 0 Å². The minimum atomic E-state index is 0.387. The summed E-state index contributed by atoms with van der Waals surface area (Å²) in [5.41, 5.74) is 1.35. The molecule has 1 heterocycles. The van der Waals surface area contributed by atoms with E-state index < -0.39 is 0 Å². The molecule has 0 aliphatic carbocycles. The summed E-state index contributed by atoms with van der Waals surface area (Å²) in [5, 5.41) is 8.92. The Morgan fingerprint density at radius 3 is 2.88 bits per heavy atom. The third kappa shape index (κ3) is 3.21. The Hall–Kier alpha value is -1.53. The number of piperidine rings is 1. The third-order valence-corrected chi connectivity index (χ3v) is 3.44. The summed E-state index contributed by atoms with van der Waals surface area (Å²) in [5.74, 6) is 0. The van der Waals surface area contributed by atoms with Crippen molar-refractivity contribution in [3.05, 3.63) is 35.9 Å². The van der Waals surface area contributed by atoms with E-state index in [-0.39, 0.29) is 0 Å². The molecule has 0 bridgehead atoms. The Bertz CT molecular complexity index is 382. The fraction of sp³-hybridized carbons (Fsp3) is 0.500. The van der Waals surface area contributed by atoms with E-state index in [9.17, 15) is 0 Å².